The minimum absolute atomic E-state index is 0.0667. The molecular weight excluding hydrogens is 448 g/mol. The molecule has 7 nitrogen and oxygen atoms in total. The van der Waals surface area contributed by atoms with Crippen LogP contribution in [0.1, 0.15) is 22.8 Å². The molecule has 0 fully saturated rings. The first-order valence-corrected chi connectivity index (χ1v) is 12.8. The molecule has 1 heterocycles. The van der Waals surface area contributed by atoms with Gasteiger partial charge in [0, 0.05) is 26.2 Å². The van der Waals surface area contributed by atoms with E-state index in [1.807, 2.05) is 72.3 Å². The van der Waals surface area contributed by atoms with Crippen LogP contribution in [-0.4, -0.2) is 48.1 Å². The maximum absolute atomic E-state index is 13.6. The van der Waals surface area contributed by atoms with E-state index in [4.69, 9.17) is 4.98 Å². The summed E-state index contributed by atoms with van der Waals surface area (Å²) >= 11 is 0. The van der Waals surface area contributed by atoms with Crippen LogP contribution in [0.15, 0.2) is 72.8 Å². The topological polar surface area (TPSA) is 84.3 Å². The van der Waals surface area contributed by atoms with E-state index in [2.05, 4.69) is 4.72 Å². The summed E-state index contributed by atoms with van der Waals surface area (Å²) in [5.74, 6) is 0.441. The largest absolute Gasteiger partial charge is 0.341 e. The van der Waals surface area contributed by atoms with Crippen molar-refractivity contribution in [1.29, 1.82) is 0 Å². The summed E-state index contributed by atoms with van der Waals surface area (Å²) in [4.78, 5) is 20.0. The van der Waals surface area contributed by atoms with E-state index in [1.54, 1.807) is 31.0 Å². The van der Waals surface area contributed by atoms with Gasteiger partial charge in [-0.3, -0.25) is 9.52 Å². The highest BCUT2D eigenvalue weighted by molar-refractivity contribution is 7.92. The third-order valence-corrected chi connectivity index (χ3v) is 7.12. The quantitative estimate of drug-likeness (QED) is 0.411. The molecule has 0 aliphatic rings. The van der Waals surface area contributed by atoms with Crippen molar-refractivity contribution in [2.24, 2.45) is 7.05 Å². The Morgan fingerprint density at radius 3 is 2.32 bits per heavy atom. The van der Waals surface area contributed by atoms with Crippen LogP contribution in [0.25, 0.3) is 22.4 Å². The van der Waals surface area contributed by atoms with Gasteiger partial charge < -0.3 is 9.47 Å². The minimum atomic E-state index is -3.52. The zero-order valence-electron chi connectivity index (χ0n) is 19.5. The van der Waals surface area contributed by atoms with Crippen LogP contribution in [0.5, 0.6) is 0 Å². The summed E-state index contributed by atoms with van der Waals surface area (Å²) in [6, 6.07) is 23.0. The van der Waals surface area contributed by atoms with Crippen molar-refractivity contribution in [1.82, 2.24) is 14.5 Å². The molecule has 1 N–H and O–H groups in total. The summed E-state index contributed by atoms with van der Waals surface area (Å²) < 4.78 is 28.9. The maximum Gasteiger partial charge on any atom is 0.255 e. The molecule has 34 heavy (non-hydrogen) atoms. The number of anilines is 1. The number of benzene rings is 3. The lowest BCUT2D eigenvalue weighted by Gasteiger charge is -2.19. The third-order valence-electron chi connectivity index (χ3n) is 5.81. The van der Waals surface area contributed by atoms with Gasteiger partial charge in [0.1, 0.15) is 5.82 Å². The van der Waals surface area contributed by atoms with Crippen molar-refractivity contribution < 1.29 is 13.2 Å². The van der Waals surface area contributed by atoms with Crippen LogP contribution in [0.3, 0.4) is 0 Å². The van der Waals surface area contributed by atoms with Gasteiger partial charge in [-0.1, -0.05) is 60.7 Å². The summed E-state index contributed by atoms with van der Waals surface area (Å²) in [5, 5.41) is 0. The average molecular weight is 477 g/mol. The van der Waals surface area contributed by atoms with Crippen molar-refractivity contribution in [3.63, 3.8) is 0 Å². The first-order valence-electron chi connectivity index (χ1n) is 11.1. The zero-order chi connectivity index (χ0) is 24.3. The van der Waals surface area contributed by atoms with Crippen LogP contribution in [0.4, 0.5) is 5.69 Å². The molecule has 0 bridgehead atoms. The Kier molecular flexibility index (Phi) is 6.70. The Hall–Kier alpha value is -3.65. The van der Waals surface area contributed by atoms with Crippen molar-refractivity contribution in [2.45, 2.75) is 13.3 Å². The number of fused-ring (bicyclic) bond motifs is 1. The predicted octanol–water partition coefficient (Wildman–Crippen LogP) is 4.32. The molecule has 8 heteroatoms. The van der Waals surface area contributed by atoms with Crippen molar-refractivity contribution >= 4 is 32.7 Å². The maximum atomic E-state index is 13.6. The van der Waals surface area contributed by atoms with E-state index >= 15 is 0 Å². The number of aromatic nitrogens is 2. The highest BCUT2D eigenvalue weighted by Crippen LogP contribution is 2.30. The van der Waals surface area contributed by atoms with Gasteiger partial charge in [-0.25, -0.2) is 13.4 Å². The molecule has 0 unspecified atom stereocenters. The van der Waals surface area contributed by atoms with Crippen molar-refractivity contribution in [2.75, 3.05) is 24.1 Å². The molecule has 1 aromatic heterocycles. The number of carbonyl (C=O) groups excluding carboxylic acids is 1. The van der Waals surface area contributed by atoms with Gasteiger partial charge in [0.15, 0.2) is 0 Å². The molecule has 0 spiro atoms. The van der Waals surface area contributed by atoms with Gasteiger partial charge in [0.2, 0.25) is 10.0 Å². The van der Waals surface area contributed by atoms with Gasteiger partial charge in [0.05, 0.1) is 28.0 Å². The van der Waals surface area contributed by atoms with Gasteiger partial charge >= 0.3 is 0 Å². The van der Waals surface area contributed by atoms with Crippen LogP contribution in [-0.2, 0) is 23.5 Å². The number of hydrogen-bond donors (Lipinski definition) is 1. The number of amides is 1. The van der Waals surface area contributed by atoms with Crippen molar-refractivity contribution in [3.05, 3.63) is 83.9 Å². The first kappa shape index (κ1) is 23.5. The second kappa shape index (κ2) is 9.69. The molecule has 3 aromatic carbocycles. The summed E-state index contributed by atoms with van der Waals surface area (Å²) in [7, 11) is 0.113. The zero-order valence-corrected chi connectivity index (χ0v) is 20.3. The number of likely N-dealkylation sites (N-methyl/N-ethyl adjacent to an activating group) is 1. The number of nitrogens with one attached hydrogen (secondary N) is 1. The molecule has 0 radical (unpaired) electrons. The summed E-state index contributed by atoms with van der Waals surface area (Å²) in [6.45, 7) is 2.09. The van der Waals surface area contributed by atoms with E-state index in [0.717, 1.165) is 17.5 Å². The highest BCUT2D eigenvalue weighted by Gasteiger charge is 2.22. The van der Waals surface area contributed by atoms with E-state index in [-0.39, 0.29) is 11.7 Å². The monoisotopic (exact) mass is 476 g/mol. The smallest absolute Gasteiger partial charge is 0.255 e. The molecule has 0 atom stereocenters. The Morgan fingerprint density at radius 1 is 1.03 bits per heavy atom. The minimum Gasteiger partial charge on any atom is -0.341 e. The standard InChI is InChI=1S/C26H28N4O3S/c1-4-34(32,33)28-21-17-22(26(31)29(2)16-15-19-11-7-5-8-12-19)24-23(18-21)27-25(30(24)3)20-13-9-6-10-14-20/h5-14,17-18,28H,4,15-16H2,1-3H3. The molecule has 0 saturated carbocycles. The van der Waals surface area contributed by atoms with Gasteiger partial charge in [-0.2, -0.15) is 0 Å². The van der Waals surface area contributed by atoms with Gasteiger partial charge in [-0.15, -0.1) is 0 Å². The number of aryl methyl sites for hydroxylation is 1. The fourth-order valence-electron chi connectivity index (χ4n) is 3.92. The van der Waals surface area contributed by atoms with E-state index in [0.29, 0.717) is 34.7 Å². The van der Waals surface area contributed by atoms with Crippen LogP contribution in [0, 0.1) is 0 Å². The van der Waals surface area contributed by atoms with Crippen molar-refractivity contribution in [3.8, 4) is 11.4 Å². The normalized spacial score (nSPS) is 11.5. The highest BCUT2D eigenvalue weighted by atomic mass is 32.2. The van der Waals surface area contributed by atoms with E-state index < -0.39 is 10.0 Å². The Bertz CT molecular complexity index is 1410. The fourth-order valence-corrected chi connectivity index (χ4v) is 4.54. The average Bonchev–Trinajstić information content (AvgIpc) is 3.18. The third kappa shape index (κ3) is 4.97. The fraction of sp³-hybridized carbons (Fsp3) is 0.231. The molecule has 176 valence electrons. The molecule has 0 saturated heterocycles. The lowest BCUT2D eigenvalue weighted by atomic mass is 10.1. The predicted molar refractivity (Wildman–Crippen MR) is 136 cm³/mol. The number of rotatable bonds is 8. The SMILES string of the molecule is CCS(=O)(=O)Nc1cc(C(=O)N(C)CCc2ccccc2)c2c(c1)nc(-c1ccccc1)n2C. The lowest BCUT2D eigenvalue weighted by Crippen LogP contribution is -2.29. The van der Waals surface area contributed by atoms with E-state index in [1.165, 1.54) is 0 Å². The first-order chi connectivity index (χ1) is 16.3. The van der Waals surface area contributed by atoms with Gasteiger partial charge in [-0.05, 0) is 31.0 Å². The number of carbonyl (C=O) groups is 1. The number of sulfonamides is 1. The summed E-state index contributed by atoms with van der Waals surface area (Å²) in [6.07, 6.45) is 0.717. The number of hydrogen-bond acceptors (Lipinski definition) is 4. The van der Waals surface area contributed by atoms with Crippen LogP contribution < -0.4 is 4.72 Å². The van der Waals surface area contributed by atoms with Crippen LogP contribution >= 0.6 is 0 Å². The molecular formula is C26H28N4O3S. The second-order valence-electron chi connectivity index (χ2n) is 8.22. The van der Waals surface area contributed by atoms with Gasteiger partial charge in [0.25, 0.3) is 5.91 Å². The second-order valence-corrected chi connectivity index (χ2v) is 10.2. The molecule has 1 amide bonds. The van der Waals surface area contributed by atoms with E-state index in [9.17, 15) is 13.2 Å². The number of imidazole rings is 1. The molecule has 0 aliphatic carbocycles. The Morgan fingerprint density at radius 2 is 1.68 bits per heavy atom. The lowest BCUT2D eigenvalue weighted by molar-refractivity contribution is 0.0798. The molecule has 4 aromatic rings. The Labute approximate surface area is 200 Å². The Balaban J connectivity index is 1.77. The summed E-state index contributed by atoms with van der Waals surface area (Å²) in [5.41, 5.74) is 4.00. The molecule has 0 aliphatic heterocycles. The van der Waals surface area contributed by atoms with Crippen LogP contribution in [0.2, 0.25) is 0 Å². The molecule has 4 rings (SSSR count). The number of nitrogens with zero attached hydrogens (tertiary/aromatic N) is 3.